The van der Waals surface area contributed by atoms with Crippen LogP contribution in [0, 0.1) is 0 Å². The molecule has 2 rings (SSSR count). The molecule has 1 aromatic carbocycles. The fourth-order valence-electron chi connectivity index (χ4n) is 1.30. The molecule has 5 heteroatoms. The number of aromatic nitrogens is 2. The molecule has 4 nitrogen and oxygen atoms in total. The van der Waals surface area contributed by atoms with E-state index >= 15 is 0 Å². The van der Waals surface area contributed by atoms with Gasteiger partial charge in [0.2, 0.25) is 0 Å². The first kappa shape index (κ1) is 10.7. The Hall–Kier alpha value is -1.81. The van der Waals surface area contributed by atoms with Crippen molar-refractivity contribution in [3.8, 4) is 5.69 Å². The number of methoxy groups -OCH3 is 1. The Morgan fingerprint density at radius 2 is 2.06 bits per heavy atom. The Morgan fingerprint density at radius 3 is 2.69 bits per heavy atom. The highest BCUT2D eigenvalue weighted by Gasteiger charge is 2.16. The predicted molar refractivity (Wildman–Crippen MR) is 59.9 cm³/mol. The number of nitrogens with zero attached hydrogens (tertiary/aromatic N) is 2. The van der Waals surface area contributed by atoms with Gasteiger partial charge in [-0.15, -0.1) is 0 Å². The second-order valence-corrected chi connectivity index (χ2v) is 3.50. The Labute approximate surface area is 97.4 Å². The van der Waals surface area contributed by atoms with Crippen molar-refractivity contribution in [2.24, 2.45) is 0 Å². The lowest BCUT2D eigenvalue weighted by Crippen LogP contribution is -2.04. The lowest BCUT2D eigenvalue weighted by Gasteiger charge is -1.98. The van der Waals surface area contributed by atoms with Crippen LogP contribution in [0.3, 0.4) is 0 Å². The summed E-state index contributed by atoms with van der Waals surface area (Å²) in [5.74, 6) is -0.542. The molecule has 1 aromatic heterocycles. The molecular formula is C11H9ClN2O2. The number of carbonyl (C=O) groups is 1. The van der Waals surface area contributed by atoms with E-state index in [1.807, 2.05) is 30.3 Å². The van der Waals surface area contributed by atoms with Crippen molar-refractivity contribution in [3.63, 3.8) is 0 Å². The van der Waals surface area contributed by atoms with Gasteiger partial charge < -0.3 is 4.74 Å². The van der Waals surface area contributed by atoms with Crippen LogP contribution in [0.4, 0.5) is 0 Å². The van der Waals surface area contributed by atoms with Crippen LogP contribution in [0.15, 0.2) is 36.5 Å². The Morgan fingerprint density at radius 1 is 1.38 bits per heavy atom. The zero-order valence-corrected chi connectivity index (χ0v) is 9.31. The van der Waals surface area contributed by atoms with E-state index in [1.54, 1.807) is 6.20 Å². The first-order chi connectivity index (χ1) is 7.72. The lowest BCUT2D eigenvalue weighted by molar-refractivity contribution is 0.0593. The minimum Gasteiger partial charge on any atom is -0.464 e. The first-order valence-electron chi connectivity index (χ1n) is 4.61. The van der Waals surface area contributed by atoms with Gasteiger partial charge in [0.25, 0.3) is 0 Å². The quantitative estimate of drug-likeness (QED) is 0.752. The normalized spacial score (nSPS) is 10.1. The van der Waals surface area contributed by atoms with E-state index in [0.29, 0.717) is 0 Å². The van der Waals surface area contributed by atoms with Crippen molar-refractivity contribution in [3.05, 3.63) is 47.2 Å². The summed E-state index contributed by atoms with van der Waals surface area (Å²) in [7, 11) is 1.29. The summed E-state index contributed by atoms with van der Waals surface area (Å²) in [4.78, 5) is 11.3. The average molecular weight is 237 g/mol. The fourth-order valence-corrected chi connectivity index (χ4v) is 1.51. The zero-order valence-electron chi connectivity index (χ0n) is 8.55. The molecule has 82 valence electrons. The molecule has 0 spiro atoms. The molecule has 0 aliphatic carbocycles. The number of hydrogen-bond donors (Lipinski definition) is 0. The van der Waals surface area contributed by atoms with E-state index in [0.717, 1.165) is 5.69 Å². The summed E-state index contributed by atoms with van der Waals surface area (Å²) in [6.07, 6.45) is 1.57. The molecule has 0 atom stereocenters. The van der Waals surface area contributed by atoms with E-state index in [1.165, 1.54) is 11.8 Å². The van der Waals surface area contributed by atoms with Gasteiger partial charge in [0, 0.05) is 0 Å². The highest BCUT2D eigenvalue weighted by Crippen LogP contribution is 2.17. The molecule has 0 saturated heterocycles. The monoisotopic (exact) mass is 236 g/mol. The third-order valence-electron chi connectivity index (χ3n) is 2.07. The predicted octanol–water partition coefficient (Wildman–Crippen LogP) is 2.31. The minimum atomic E-state index is -0.542. The summed E-state index contributed by atoms with van der Waals surface area (Å²) in [5, 5.41) is 4.33. The van der Waals surface area contributed by atoms with Gasteiger partial charge in [0.15, 0.2) is 5.69 Å². The Bertz CT molecular complexity index is 508. The number of para-hydroxylation sites is 1. The third-order valence-corrected chi connectivity index (χ3v) is 2.35. The summed E-state index contributed by atoms with van der Waals surface area (Å²) >= 11 is 5.88. The van der Waals surface area contributed by atoms with E-state index in [4.69, 9.17) is 11.6 Å². The molecule has 0 bridgehead atoms. The Kier molecular flexibility index (Phi) is 2.92. The van der Waals surface area contributed by atoms with Crippen LogP contribution < -0.4 is 0 Å². The highest BCUT2D eigenvalue weighted by atomic mass is 35.5. The van der Waals surface area contributed by atoms with Crippen molar-refractivity contribution < 1.29 is 9.53 Å². The number of benzene rings is 1. The number of ether oxygens (including phenoxy) is 1. The van der Waals surface area contributed by atoms with Crippen LogP contribution >= 0.6 is 11.6 Å². The van der Waals surface area contributed by atoms with Gasteiger partial charge in [-0.2, -0.15) is 5.10 Å². The van der Waals surface area contributed by atoms with E-state index in [9.17, 15) is 4.79 Å². The van der Waals surface area contributed by atoms with Gasteiger partial charge in [0.05, 0.1) is 24.0 Å². The molecular weight excluding hydrogens is 228 g/mol. The smallest absolute Gasteiger partial charge is 0.360 e. The highest BCUT2D eigenvalue weighted by molar-refractivity contribution is 6.33. The second-order valence-electron chi connectivity index (χ2n) is 3.10. The molecule has 0 fully saturated rings. The zero-order chi connectivity index (χ0) is 11.5. The molecule has 0 saturated carbocycles. The van der Waals surface area contributed by atoms with Gasteiger partial charge in [0.1, 0.15) is 0 Å². The summed E-state index contributed by atoms with van der Waals surface area (Å²) < 4.78 is 6.10. The molecule has 0 aliphatic heterocycles. The van der Waals surface area contributed by atoms with Crippen LogP contribution in [0.2, 0.25) is 5.02 Å². The number of halogens is 1. The first-order valence-corrected chi connectivity index (χ1v) is 4.99. The molecule has 2 aromatic rings. The van der Waals surface area contributed by atoms with Crippen molar-refractivity contribution >= 4 is 17.6 Å². The molecule has 0 radical (unpaired) electrons. The molecule has 0 unspecified atom stereocenters. The van der Waals surface area contributed by atoms with Crippen molar-refractivity contribution in [1.82, 2.24) is 9.78 Å². The average Bonchev–Trinajstić information content (AvgIpc) is 2.71. The third kappa shape index (κ3) is 1.92. The van der Waals surface area contributed by atoms with Gasteiger partial charge in [-0.25, -0.2) is 9.48 Å². The molecule has 1 heterocycles. The SMILES string of the molecule is COC(=O)c1nn(-c2ccccc2)cc1Cl. The fraction of sp³-hybridized carbons (Fsp3) is 0.0909. The lowest BCUT2D eigenvalue weighted by atomic mass is 10.3. The van der Waals surface area contributed by atoms with Crippen molar-refractivity contribution in [2.45, 2.75) is 0 Å². The molecule has 0 aliphatic rings. The summed E-state index contributed by atoms with van der Waals surface area (Å²) in [5.41, 5.74) is 0.951. The number of esters is 1. The minimum absolute atomic E-state index is 0.119. The topological polar surface area (TPSA) is 44.1 Å². The number of rotatable bonds is 2. The number of carbonyl (C=O) groups excluding carboxylic acids is 1. The second kappa shape index (κ2) is 4.37. The van der Waals surface area contributed by atoms with E-state index < -0.39 is 5.97 Å². The van der Waals surface area contributed by atoms with Gasteiger partial charge in [-0.05, 0) is 12.1 Å². The summed E-state index contributed by atoms with van der Waals surface area (Å²) in [6.45, 7) is 0. The molecule has 16 heavy (non-hydrogen) atoms. The van der Waals surface area contributed by atoms with Crippen LogP contribution in [-0.4, -0.2) is 22.9 Å². The van der Waals surface area contributed by atoms with E-state index in [-0.39, 0.29) is 10.7 Å². The maximum atomic E-state index is 11.3. The van der Waals surface area contributed by atoms with Gasteiger partial charge >= 0.3 is 5.97 Å². The van der Waals surface area contributed by atoms with Crippen LogP contribution in [0.5, 0.6) is 0 Å². The van der Waals surface area contributed by atoms with Gasteiger partial charge in [-0.3, -0.25) is 0 Å². The molecule has 0 N–H and O–H groups in total. The van der Waals surface area contributed by atoms with E-state index in [2.05, 4.69) is 9.84 Å². The van der Waals surface area contributed by atoms with Gasteiger partial charge in [-0.1, -0.05) is 29.8 Å². The molecule has 0 amide bonds. The van der Waals surface area contributed by atoms with Crippen molar-refractivity contribution in [2.75, 3.05) is 7.11 Å². The van der Waals surface area contributed by atoms with Crippen LogP contribution in [-0.2, 0) is 4.74 Å². The standard InChI is InChI=1S/C11H9ClN2O2/c1-16-11(15)10-9(12)7-14(13-10)8-5-3-2-4-6-8/h2-7H,1H3. The van der Waals surface area contributed by atoms with Crippen molar-refractivity contribution in [1.29, 1.82) is 0 Å². The maximum absolute atomic E-state index is 11.3. The summed E-state index contributed by atoms with van der Waals surface area (Å²) in [6, 6.07) is 9.38. The largest absolute Gasteiger partial charge is 0.464 e. The number of hydrogen-bond acceptors (Lipinski definition) is 3. The maximum Gasteiger partial charge on any atom is 0.360 e. The Balaban J connectivity index is 2.42. The van der Waals surface area contributed by atoms with Crippen LogP contribution in [0.25, 0.3) is 5.69 Å². The van der Waals surface area contributed by atoms with Crippen LogP contribution in [0.1, 0.15) is 10.5 Å².